The van der Waals surface area contributed by atoms with Gasteiger partial charge in [-0.05, 0) is 42.3 Å². The van der Waals surface area contributed by atoms with E-state index < -0.39 is 0 Å². The second-order valence-corrected chi connectivity index (χ2v) is 6.02. The number of halogens is 1. The summed E-state index contributed by atoms with van der Waals surface area (Å²) < 4.78 is 9.71. The second-order valence-electron chi connectivity index (χ2n) is 5.11. The van der Waals surface area contributed by atoms with Gasteiger partial charge in [-0.25, -0.2) is 4.68 Å². The summed E-state index contributed by atoms with van der Waals surface area (Å²) in [5.74, 6) is -0.176. The Labute approximate surface area is 137 Å². The Balaban J connectivity index is 1.76. The zero-order chi connectivity index (χ0) is 15.9. The van der Waals surface area contributed by atoms with Crippen molar-refractivity contribution in [2.75, 3.05) is 13.2 Å². The maximum atomic E-state index is 12.0. The molecule has 0 atom stereocenters. The second kappa shape index (κ2) is 8.09. The van der Waals surface area contributed by atoms with Crippen LogP contribution in [0.5, 0.6) is 0 Å². The van der Waals surface area contributed by atoms with Crippen LogP contribution in [-0.4, -0.2) is 44.7 Å². The molecule has 0 spiro atoms. The van der Waals surface area contributed by atoms with Gasteiger partial charge in [0, 0.05) is 25.5 Å². The van der Waals surface area contributed by atoms with Gasteiger partial charge in [0.15, 0.2) is 0 Å². The molecule has 0 aliphatic rings. The highest BCUT2D eigenvalue weighted by molar-refractivity contribution is 9.10. The standard InChI is InChI=1S/C14H20BrN5O2/c1-11(2)22-7-3-5-16-14(21)13-4-6-19(18-13)10-20-9-12(15)8-17-20/h4,6,8-9,11H,3,5,7,10H2,1-2H3,(H,16,21). The van der Waals surface area contributed by atoms with E-state index in [1.807, 2.05) is 20.0 Å². The molecular weight excluding hydrogens is 350 g/mol. The minimum absolute atomic E-state index is 0.176. The first-order chi connectivity index (χ1) is 10.5. The zero-order valence-corrected chi connectivity index (χ0v) is 14.3. The molecule has 0 unspecified atom stereocenters. The van der Waals surface area contributed by atoms with E-state index in [9.17, 15) is 4.79 Å². The van der Waals surface area contributed by atoms with Crippen molar-refractivity contribution in [1.29, 1.82) is 0 Å². The summed E-state index contributed by atoms with van der Waals surface area (Å²) in [7, 11) is 0. The Morgan fingerprint density at radius 2 is 2.27 bits per heavy atom. The molecule has 0 radical (unpaired) electrons. The van der Waals surface area contributed by atoms with Gasteiger partial charge in [0.25, 0.3) is 5.91 Å². The van der Waals surface area contributed by atoms with Crippen molar-refractivity contribution in [2.24, 2.45) is 0 Å². The summed E-state index contributed by atoms with van der Waals surface area (Å²) in [5.41, 5.74) is 0.399. The van der Waals surface area contributed by atoms with Gasteiger partial charge in [0.05, 0.1) is 16.8 Å². The van der Waals surface area contributed by atoms with Crippen molar-refractivity contribution >= 4 is 21.8 Å². The third kappa shape index (κ3) is 5.27. The fourth-order valence-electron chi connectivity index (χ4n) is 1.81. The highest BCUT2D eigenvalue weighted by atomic mass is 79.9. The molecule has 0 saturated carbocycles. The normalized spacial score (nSPS) is 11.1. The molecule has 1 N–H and O–H groups in total. The molecule has 1 amide bonds. The van der Waals surface area contributed by atoms with Gasteiger partial charge in [-0.3, -0.25) is 9.48 Å². The average molecular weight is 370 g/mol. The molecule has 0 aliphatic heterocycles. The lowest BCUT2D eigenvalue weighted by molar-refractivity contribution is 0.0756. The van der Waals surface area contributed by atoms with Crippen LogP contribution in [0, 0.1) is 0 Å². The van der Waals surface area contributed by atoms with E-state index in [1.165, 1.54) is 0 Å². The van der Waals surface area contributed by atoms with Gasteiger partial charge < -0.3 is 10.1 Å². The molecule has 0 aromatic carbocycles. The highest BCUT2D eigenvalue weighted by Crippen LogP contribution is 2.06. The van der Waals surface area contributed by atoms with Crippen LogP contribution in [0.25, 0.3) is 0 Å². The molecule has 0 saturated heterocycles. The van der Waals surface area contributed by atoms with Gasteiger partial charge >= 0.3 is 0 Å². The van der Waals surface area contributed by atoms with Crippen molar-refractivity contribution in [2.45, 2.75) is 33.0 Å². The van der Waals surface area contributed by atoms with E-state index in [4.69, 9.17) is 4.74 Å². The number of carbonyl (C=O) groups is 1. The van der Waals surface area contributed by atoms with E-state index >= 15 is 0 Å². The monoisotopic (exact) mass is 369 g/mol. The van der Waals surface area contributed by atoms with Gasteiger partial charge in [-0.2, -0.15) is 10.2 Å². The van der Waals surface area contributed by atoms with Gasteiger partial charge in [0.1, 0.15) is 12.4 Å². The number of nitrogens with zero attached hydrogens (tertiary/aromatic N) is 4. The van der Waals surface area contributed by atoms with Crippen molar-refractivity contribution in [3.05, 3.63) is 34.8 Å². The fraction of sp³-hybridized carbons (Fsp3) is 0.500. The van der Waals surface area contributed by atoms with E-state index in [-0.39, 0.29) is 12.0 Å². The van der Waals surface area contributed by atoms with Crippen molar-refractivity contribution in [3.8, 4) is 0 Å². The number of aromatic nitrogens is 4. The molecular formula is C14H20BrN5O2. The lowest BCUT2D eigenvalue weighted by atomic mass is 10.4. The number of hydrogen-bond acceptors (Lipinski definition) is 4. The van der Waals surface area contributed by atoms with E-state index in [0.717, 1.165) is 10.9 Å². The molecule has 2 aromatic heterocycles. The molecule has 0 aliphatic carbocycles. The summed E-state index contributed by atoms with van der Waals surface area (Å²) >= 11 is 3.34. The van der Waals surface area contributed by atoms with Crippen LogP contribution in [0.4, 0.5) is 0 Å². The summed E-state index contributed by atoms with van der Waals surface area (Å²) in [6.07, 6.45) is 6.30. The van der Waals surface area contributed by atoms with Crippen LogP contribution in [0.3, 0.4) is 0 Å². The summed E-state index contributed by atoms with van der Waals surface area (Å²) in [5, 5.41) is 11.2. The summed E-state index contributed by atoms with van der Waals surface area (Å²) in [4.78, 5) is 12.0. The summed E-state index contributed by atoms with van der Waals surface area (Å²) in [6.45, 7) is 5.65. The minimum Gasteiger partial charge on any atom is -0.379 e. The smallest absolute Gasteiger partial charge is 0.271 e. The Morgan fingerprint density at radius 1 is 1.45 bits per heavy atom. The number of nitrogens with one attached hydrogen (secondary N) is 1. The first kappa shape index (κ1) is 16.7. The number of rotatable bonds is 8. The van der Waals surface area contributed by atoms with E-state index in [2.05, 4.69) is 31.4 Å². The van der Waals surface area contributed by atoms with Crippen LogP contribution >= 0.6 is 15.9 Å². The zero-order valence-electron chi connectivity index (χ0n) is 12.7. The van der Waals surface area contributed by atoms with Crippen molar-refractivity contribution in [1.82, 2.24) is 24.9 Å². The highest BCUT2D eigenvalue weighted by Gasteiger charge is 2.09. The van der Waals surface area contributed by atoms with Crippen LogP contribution in [0.15, 0.2) is 29.1 Å². The maximum absolute atomic E-state index is 12.0. The first-order valence-corrected chi connectivity index (χ1v) is 7.95. The number of carbonyl (C=O) groups excluding carboxylic acids is 1. The SMILES string of the molecule is CC(C)OCCCNC(=O)c1ccn(Cn2cc(Br)cn2)n1. The van der Waals surface area contributed by atoms with Crippen molar-refractivity contribution < 1.29 is 9.53 Å². The Bertz CT molecular complexity index is 608. The lowest BCUT2D eigenvalue weighted by Gasteiger charge is -2.07. The van der Waals surface area contributed by atoms with E-state index in [1.54, 1.807) is 27.8 Å². The molecule has 2 heterocycles. The van der Waals surface area contributed by atoms with Crippen LogP contribution in [-0.2, 0) is 11.4 Å². The van der Waals surface area contributed by atoms with Crippen molar-refractivity contribution in [3.63, 3.8) is 0 Å². The van der Waals surface area contributed by atoms with Gasteiger partial charge in [0.2, 0.25) is 0 Å². The van der Waals surface area contributed by atoms with Crippen LogP contribution in [0.1, 0.15) is 30.8 Å². The molecule has 0 fully saturated rings. The summed E-state index contributed by atoms with van der Waals surface area (Å²) in [6, 6.07) is 1.69. The van der Waals surface area contributed by atoms with E-state index in [0.29, 0.717) is 25.5 Å². The predicted molar refractivity (Wildman–Crippen MR) is 85.6 cm³/mol. The largest absolute Gasteiger partial charge is 0.379 e. The maximum Gasteiger partial charge on any atom is 0.271 e. The number of ether oxygens (including phenoxy) is 1. The third-order valence-corrected chi connectivity index (χ3v) is 3.23. The predicted octanol–water partition coefficient (Wildman–Crippen LogP) is 1.89. The van der Waals surface area contributed by atoms with Gasteiger partial charge in [-0.15, -0.1) is 0 Å². The third-order valence-electron chi connectivity index (χ3n) is 2.82. The Hall–Kier alpha value is -1.67. The first-order valence-electron chi connectivity index (χ1n) is 7.16. The Kier molecular flexibility index (Phi) is 6.14. The quantitative estimate of drug-likeness (QED) is 0.721. The van der Waals surface area contributed by atoms with Crippen LogP contribution in [0.2, 0.25) is 0 Å². The van der Waals surface area contributed by atoms with Gasteiger partial charge in [-0.1, -0.05) is 0 Å². The molecule has 22 heavy (non-hydrogen) atoms. The molecule has 0 bridgehead atoms. The topological polar surface area (TPSA) is 74.0 Å². The van der Waals surface area contributed by atoms with Crippen LogP contribution < -0.4 is 5.32 Å². The average Bonchev–Trinajstić information content (AvgIpc) is 3.08. The lowest BCUT2D eigenvalue weighted by Crippen LogP contribution is -2.26. The Morgan fingerprint density at radius 3 is 2.95 bits per heavy atom. The molecule has 2 aromatic rings. The molecule has 8 heteroatoms. The molecule has 120 valence electrons. The number of hydrogen-bond donors (Lipinski definition) is 1. The molecule has 2 rings (SSSR count). The fourth-order valence-corrected chi connectivity index (χ4v) is 2.14. The molecule has 7 nitrogen and oxygen atoms in total. The number of amides is 1. The minimum atomic E-state index is -0.176.